The molecule has 0 aliphatic rings. The van der Waals surface area contributed by atoms with E-state index in [9.17, 15) is 9.59 Å². The summed E-state index contributed by atoms with van der Waals surface area (Å²) < 4.78 is 6.14. The number of halogens is 1. The van der Waals surface area contributed by atoms with Crippen LogP contribution >= 0.6 is 15.9 Å². The molecular weight excluding hydrogens is 372 g/mol. The van der Waals surface area contributed by atoms with Gasteiger partial charge in [0.15, 0.2) is 0 Å². The van der Waals surface area contributed by atoms with Crippen molar-refractivity contribution >= 4 is 33.6 Å². The molecule has 0 saturated carbocycles. The number of amides is 2. The van der Waals surface area contributed by atoms with Crippen LogP contribution < -0.4 is 10.6 Å². The first kappa shape index (κ1) is 20.5. The van der Waals surface area contributed by atoms with Crippen molar-refractivity contribution in [2.75, 3.05) is 11.9 Å². The van der Waals surface area contributed by atoms with Gasteiger partial charge in [-0.2, -0.15) is 0 Å². The number of unbranched alkanes of at least 4 members (excludes halogenated alkanes) is 3. The second kappa shape index (κ2) is 10.3. The van der Waals surface area contributed by atoms with Crippen LogP contribution in [0.5, 0.6) is 0 Å². The Morgan fingerprint density at radius 2 is 1.67 bits per heavy atom. The van der Waals surface area contributed by atoms with Crippen molar-refractivity contribution in [2.45, 2.75) is 58.5 Å². The topological polar surface area (TPSA) is 67.4 Å². The molecule has 0 bridgehead atoms. The van der Waals surface area contributed by atoms with E-state index in [1.807, 2.05) is 45.0 Å². The molecule has 134 valence electrons. The van der Waals surface area contributed by atoms with Crippen molar-refractivity contribution < 1.29 is 14.3 Å². The van der Waals surface area contributed by atoms with Crippen molar-refractivity contribution in [3.8, 4) is 0 Å². The maximum absolute atomic E-state index is 11.8. The summed E-state index contributed by atoms with van der Waals surface area (Å²) in [6.45, 7) is 6.11. The lowest BCUT2D eigenvalue weighted by atomic mass is 10.1. The van der Waals surface area contributed by atoms with Crippen LogP contribution in [0.2, 0.25) is 0 Å². The highest BCUT2D eigenvalue weighted by atomic mass is 79.9. The number of benzene rings is 1. The molecule has 5 nitrogen and oxygen atoms in total. The molecule has 1 aromatic carbocycles. The number of hydrogen-bond donors (Lipinski definition) is 2. The summed E-state index contributed by atoms with van der Waals surface area (Å²) in [4.78, 5) is 23.3. The highest BCUT2D eigenvalue weighted by Crippen LogP contribution is 2.14. The van der Waals surface area contributed by atoms with Crippen LogP contribution in [0.4, 0.5) is 10.5 Å². The molecule has 1 rings (SSSR count). The van der Waals surface area contributed by atoms with Crippen LogP contribution in [-0.4, -0.2) is 24.1 Å². The Kier molecular flexibility index (Phi) is 8.82. The fourth-order valence-electron chi connectivity index (χ4n) is 2.03. The van der Waals surface area contributed by atoms with E-state index in [0.29, 0.717) is 13.0 Å². The molecule has 0 aliphatic heterocycles. The largest absolute Gasteiger partial charge is 0.444 e. The smallest absolute Gasteiger partial charge is 0.407 e. The number of ether oxygens (including phenoxy) is 1. The van der Waals surface area contributed by atoms with Gasteiger partial charge in [0, 0.05) is 23.1 Å². The molecule has 0 spiro atoms. The van der Waals surface area contributed by atoms with Crippen LogP contribution in [0.3, 0.4) is 0 Å². The first-order valence-electron chi connectivity index (χ1n) is 8.28. The van der Waals surface area contributed by atoms with Crippen LogP contribution in [0.1, 0.15) is 52.9 Å². The molecule has 6 heteroatoms. The van der Waals surface area contributed by atoms with Gasteiger partial charge in [-0.05, 0) is 57.9 Å². The van der Waals surface area contributed by atoms with Gasteiger partial charge in [-0.1, -0.05) is 28.8 Å². The van der Waals surface area contributed by atoms with E-state index in [1.165, 1.54) is 0 Å². The van der Waals surface area contributed by atoms with E-state index in [4.69, 9.17) is 4.74 Å². The number of anilines is 1. The lowest BCUT2D eigenvalue weighted by Gasteiger charge is -2.19. The predicted molar refractivity (Wildman–Crippen MR) is 100 cm³/mol. The Bertz CT molecular complexity index is 524. The summed E-state index contributed by atoms with van der Waals surface area (Å²) in [5.74, 6) is 0.0317. The molecule has 2 N–H and O–H groups in total. The molecule has 0 unspecified atom stereocenters. The molecule has 24 heavy (non-hydrogen) atoms. The number of carbonyl (C=O) groups is 2. The van der Waals surface area contributed by atoms with E-state index in [1.54, 1.807) is 0 Å². The van der Waals surface area contributed by atoms with Crippen LogP contribution in [-0.2, 0) is 9.53 Å². The fourth-order valence-corrected chi connectivity index (χ4v) is 2.29. The summed E-state index contributed by atoms with van der Waals surface area (Å²) in [6, 6.07) is 7.52. The zero-order chi connectivity index (χ0) is 18.0. The van der Waals surface area contributed by atoms with Gasteiger partial charge < -0.3 is 15.4 Å². The van der Waals surface area contributed by atoms with Crippen molar-refractivity contribution in [3.63, 3.8) is 0 Å². The number of carbonyl (C=O) groups excluding carboxylic acids is 2. The normalized spacial score (nSPS) is 11.0. The summed E-state index contributed by atoms with van der Waals surface area (Å²) >= 11 is 3.36. The zero-order valence-corrected chi connectivity index (χ0v) is 16.2. The molecule has 0 aliphatic carbocycles. The lowest BCUT2D eigenvalue weighted by molar-refractivity contribution is -0.116. The minimum absolute atomic E-state index is 0.0317. The molecule has 0 aromatic heterocycles. The van der Waals surface area contributed by atoms with E-state index in [-0.39, 0.29) is 12.0 Å². The predicted octanol–water partition coefficient (Wildman–Crippen LogP) is 4.86. The summed E-state index contributed by atoms with van der Waals surface area (Å²) in [7, 11) is 0. The van der Waals surface area contributed by atoms with Gasteiger partial charge in [0.1, 0.15) is 5.60 Å². The van der Waals surface area contributed by atoms with E-state index in [0.717, 1.165) is 35.8 Å². The van der Waals surface area contributed by atoms with E-state index >= 15 is 0 Å². The minimum atomic E-state index is -0.466. The van der Waals surface area contributed by atoms with Crippen molar-refractivity contribution in [2.24, 2.45) is 0 Å². The molecule has 0 fully saturated rings. The third kappa shape index (κ3) is 10.3. The molecule has 0 radical (unpaired) electrons. The first-order chi connectivity index (χ1) is 11.3. The maximum Gasteiger partial charge on any atom is 0.407 e. The van der Waals surface area contributed by atoms with Gasteiger partial charge in [-0.25, -0.2) is 4.79 Å². The van der Waals surface area contributed by atoms with Crippen molar-refractivity contribution in [3.05, 3.63) is 28.7 Å². The summed E-state index contributed by atoms with van der Waals surface area (Å²) in [5, 5.41) is 5.61. The summed E-state index contributed by atoms with van der Waals surface area (Å²) in [6.07, 6.45) is 3.79. The Labute approximate surface area is 152 Å². The van der Waals surface area contributed by atoms with Crippen LogP contribution in [0, 0.1) is 0 Å². The number of hydrogen-bond acceptors (Lipinski definition) is 3. The van der Waals surface area contributed by atoms with Gasteiger partial charge >= 0.3 is 6.09 Å². The quantitative estimate of drug-likeness (QED) is 0.614. The van der Waals surface area contributed by atoms with Gasteiger partial charge in [-0.15, -0.1) is 0 Å². The van der Waals surface area contributed by atoms with Crippen molar-refractivity contribution in [1.82, 2.24) is 5.32 Å². The van der Waals surface area contributed by atoms with Gasteiger partial charge in [-0.3, -0.25) is 4.79 Å². The SMILES string of the molecule is CC(C)(C)OC(=O)NCCCCCCC(=O)Nc1ccc(Br)cc1. The zero-order valence-electron chi connectivity index (χ0n) is 14.7. The Hall–Kier alpha value is -1.56. The second-order valence-electron chi connectivity index (χ2n) is 6.65. The van der Waals surface area contributed by atoms with Crippen LogP contribution in [0.25, 0.3) is 0 Å². The summed E-state index contributed by atoms with van der Waals surface area (Å²) in [5.41, 5.74) is 0.344. The Morgan fingerprint density at radius 1 is 1.04 bits per heavy atom. The van der Waals surface area contributed by atoms with Gasteiger partial charge in [0.2, 0.25) is 5.91 Å². The van der Waals surface area contributed by atoms with Crippen molar-refractivity contribution in [1.29, 1.82) is 0 Å². The average Bonchev–Trinajstić information content (AvgIpc) is 2.47. The standard InChI is InChI=1S/C18H27BrN2O3/c1-18(2,3)24-17(23)20-13-7-5-4-6-8-16(22)21-15-11-9-14(19)10-12-15/h9-12H,4-8,13H2,1-3H3,(H,20,23)(H,21,22). The maximum atomic E-state index is 11.8. The number of rotatable bonds is 8. The average molecular weight is 399 g/mol. The van der Waals surface area contributed by atoms with E-state index < -0.39 is 5.60 Å². The molecule has 0 saturated heterocycles. The first-order valence-corrected chi connectivity index (χ1v) is 9.08. The van der Waals surface area contributed by atoms with Crippen LogP contribution in [0.15, 0.2) is 28.7 Å². The highest BCUT2D eigenvalue weighted by molar-refractivity contribution is 9.10. The molecule has 1 aromatic rings. The lowest BCUT2D eigenvalue weighted by Crippen LogP contribution is -2.32. The molecule has 0 atom stereocenters. The highest BCUT2D eigenvalue weighted by Gasteiger charge is 2.15. The third-order valence-electron chi connectivity index (χ3n) is 3.13. The second-order valence-corrected chi connectivity index (χ2v) is 7.56. The van der Waals surface area contributed by atoms with E-state index in [2.05, 4.69) is 26.6 Å². The number of alkyl carbamates (subject to hydrolysis) is 1. The molecule has 0 heterocycles. The van der Waals surface area contributed by atoms with Gasteiger partial charge in [0.05, 0.1) is 0 Å². The Morgan fingerprint density at radius 3 is 2.29 bits per heavy atom. The minimum Gasteiger partial charge on any atom is -0.444 e. The number of nitrogens with one attached hydrogen (secondary N) is 2. The third-order valence-corrected chi connectivity index (χ3v) is 3.66. The monoisotopic (exact) mass is 398 g/mol. The molecule has 2 amide bonds. The Balaban J connectivity index is 2.02. The molecular formula is C18H27BrN2O3. The fraction of sp³-hybridized carbons (Fsp3) is 0.556. The van der Waals surface area contributed by atoms with Gasteiger partial charge in [0.25, 0.3) is 0 Å².